The molecule has 1 atom stereocenters. The molecule has 2 amide bonds. The molecule has 0 radical (unpaired) electrons. The van der Waals surface area contributed by atoms with Crippen LogP contribution in [0.3, 0.4) is 0 Å². The highest BCUT2D eigenvalue weighted by molar-refractivity contribution is 7.09. The second kappa shape index (κ2) is 10.1. The van der Waals surface area contributed by atoms with E-state index in [1.807, 2.05) is 80.8 Å². The number of aromatic nitrogens is 1. The van der Waals surface area contributed by atoms with E-state index in [2.05, 4.69) is 10.3 Å². The van der Waals surface area contributed by atoms with Crippen LogP contribution in [0.25, 0.3) is 0 Å². The largest absolute Gasteiger partial charge is 0.454 e. The van der Waals surface area contributed by atoms with Crippen LogP contribution in [-0.4, -0.2) is 16.4 Å². The van der Waals surface area contributed by atoms with Crippen molar-refractivity contribution in [3.8, 4) is 0 Å². The summed E-state index contributed by atoms with van der Waals surface area (Å²) in [7, 11) is 0. The number of nitrogens with one attached hydrogen (secondary N) is 1. The molecule has 34 heavy (non-hydrogen) atoms. The fourth-order valence-electron chi connectivity index (χ4n) is 3.63. The summed E-state index contributed by atoms with van der Waals surface area (Å²) in [6.07, 6.45) is 0. The number of thiazole rings is 1. The quantitative estimate of drug-likeness (QED) is 0.410. The first-order valence-electron chi connectivity index (χ1n) is 11.1. The van der Waals surface area contributed by atoms with Gasteiger partial charge in [0.15, 0.2) is 10.6 Å². The number of benzene rings is 2. The van der Waals surface area contributed by atoms with E-state index in [4.69, 9.17) is 4.42 Å². The maximum atomic E-state index is 12.8. The Bertz CT molecular complexity index is 1400. The molecule has 174 valence electrons. The lowest BCUT2D eigenvalue weighted by Gasteiger charge is -2.13. The molecule has 0 bridgehead atoms. The van der Waals surface area contributed by atoms with Gasteiger partial charge in [-0.25, -0.2) is 0 Å². The third-order valence-electron chi connectivity index (χ3n) is 5.70. The van der Waals surface area contributed by atoms with Gasteiger partial charge in [-0.1, -0.05) is 48.0 Å². The number of rotatable bonds is 6. The van der Waals surface area contributed by atoms with Crippen LogP contribution in [0, 0.1) is 20.8 Å². The molecular weight excluding hydrogens is 446 g/mol. The summed E-state index contributed by atoms with van der Waals surface area (Å²) in [4.78, 5) is 31.5. The first-order valence-corrected chi connectivity index (χ1v) is 11.9. The number of nitrogens with zero attached hydrogens (tertiary/aromatic N) is 2. The highest BCUT2D eigenvalue weighted by atomic mass is 32.1. The van der Waals surface area contributed by atoms with Gasteiger partial charge in [-0.15, -0.1) is 11.3 Å². The molecule has 7 heteroatoms. The monoisotopic (exact) mass is 473 g/mol. The van der Waals surface area contributed by atoms with E-state index >= 15 is 0 Å². The molecule has 4 aromatic rings. The molecule has 4 rings (SSSR count). The highest BCUT2D eigenvalue weighted by Crippen LogP contribution is 2.17. The van der Waals surface area contributed by atoms with Gasteiger partial charge in [0, 0.05) is 16.1 Å². The van der Waals surface area contributed by atoms with E-state index in [9.17, 15) is 9.59 Å². The number of carbonyl (C=O) groups excluding carboxylic acids is 2. The van der Waals surface area contributed by atoms with Gasteiger partial charge in [-0.2, -0.15) is 4.99 Å². The van der Waals surface area contributed by atoms with Gasteiger partial charge in [0.1, 0.15) is 5.76 Å². The van der Waals surface area contributed by atoms with Crippen LogP contribution in [0.4, 0.5) is 0 Å². The number of furan rings is 1. The van der Waals surface area contributed by atoms with Gasteiger partial charge in [-0.05, 0) is 57.5 Å². The average Bonchev–Trinajstić information content (AvgIpc) is 3.40. The van der Waals surface area contributed by atoms with Crippen LogP contribution in [0.5, 0.6) is 0 Å². The first kappa shape index (κ1) is 23.4. The van der Waals surface area contributed by atoms with Crippen LogP contribution in [-0.2, 0) is 6.54 Å². The zero-order valence-electron chi connectivity index (χ0n) is 19.7. The minimum absolute atomic E-state index is 0.142. The van der Waals surface area contributed by atoms with E-state index < -0.39 is 0 Å². The fourth-order valence-corrected chi connectivity index (χ4v) is 4.60. The molecule has 2 aromatic heterocycles. The molecule has 0 spiro atoms. The lowest BCUT2D eigenvalue weighted by atomic mass is 10.1. The minimum atomic E-state index is -0.284. The highest BCUT2D eigenvalue weighted by Gasteiger charge is 2.17. The van der Waals surface area contributed by atoms with E-state index in [1.165, 1.54) is 11.3 Å². The van der Waals surface area contributed by atoms with Crippen molar-refractivity contribution in [3.05, 3.63) is 110 Å². The Hall–Kier alpha value is -3.71. The predicted octanol–water partition coefficient (Wildman–Crippen LogP) is 5.35. The lowest BCUT2D eigenvalue weighted by molar-refractivity contribution is 0.0909. The van der Waals surface area contributed by atoms with Gasteiger partial charge in [0.05, 0.1) is 12.6 Å². The summed E-state index contributed by atoms with van der Waals surface area (Å²) in [5.41, 5.74) is 3.59. The van der Waals surface area contributed by atoms with Crippen molar-refractivity contribution in [1.29, 1.82) is 0 Å². The molecule has 0 fully saturated rings. The summed E-state index contributed by atoms with van der Waals surface area (Å²) in [6.45, 7) is 8.24. The van der Waals surface area contributed by atoms with Crippen molar-refractivity contribution in [2.24, 2.45) is 4.99 Å². The normalized spacial score (nSPS) is 12.5. The smallest absolute Gasteiger partial charge is 0.287 e. The Morgan fingerprint density at radius 2 is 1.79 bits per heavy atom. The van der Waals surface area contributed by atoms with Gasteiger partial charge in [0.25, 0.3) is 11.8 Å². The maximum absolute atomic E-state index is 12.8. The van der Waals surface area contributed by atoms with Crippen molar-refractivity contribution in [2.45, 2.75) is 40.3 Å². The second-order valence-corrected chi connectivity index (χ2v) is 9.45. The van der Waals surface area contributed by atoms with E-state index in [0.29, 0.717) is 22.7 Å². The number of aryl methyl sites for hydroxylation is 2. The average molecular weight is 474 g/mol. The molecule has 0 aliphatic heterocycles. The number of amides is 2. The van der Waals surface area contributed by atoms with Crippen LogP contribution in [0.15, 0.2) is 76.1 Å². The molecular formula is C27H27N3O3S. The number of carbonyl (C=O) groups is 2. The Morgan fingerprint density at radius 3 is 2.53 bits per heavy atom. The maximum Gasteiger partial charge on any atom is 0.287 e. The second-order valence-electron chi connectivity index (χ2n) is 8.27. The van der Waals surface area contributed by atoms with Crippen molar-refractivity contribution in [2.75, 3.05) is 0 Å². The van der Waals surface area contributed by atoms with Gasteiger partial charge < -0.3 is 14.3 Å². The predicted molar refractivity (Wildman–Crippen MR) is 133 cm³/mol. The van der Waals surface area contributed by atoms with Crippen molar-refractivity contribution in [1.82, 2.24) is 9.88 Å². The molecule has 0 saturated heterocycles. The fraction of sp³-hybridized carbons (Fsp3) is 0.222. The molecule has 2 aromatic carbocycles. The molecule has 0 aliphatic carbocycles. The van der Waals surface area contributed by atoms with Crippen LogP contribution < -0.4 is 10.1 Å². The SMILES string of the molecule is Cc1cccc(C(=O)N=c2sc(C)c(C)n2Cc2ccc(C(=O)N[C@@H](C)c3ccccc3)o2)c1. The van der Waals surface area contributed by atoms with E-state index in [1.54, 1.807) is 18.2 Å². The summed E-state index contributed by atoms with van der Waals surface area (Å²) in [6, 6.07) is 20.5. The Kier molecular flexibility index (Phi) is 6.93. The third kappa shape index (κ3) is 5.26. The zero-order chi connectivity index (χ0) is 24.2. The minimum Gasteiger partial charge on any atom is -0.454 e. The third-order valence-corrected chi connectivity index (χ3v) is 6.79. The molecule has 2 heterocycles. The molecule has 6 nitrogen and oxygen atoms in total. The Balaban J connectivity index is 1.54. The first-order chi connectivity index (χ1) is 16.3. The van der Waals surface area contributed by atoms with Crippen LogP contribution >= 0.6 is 11.3 Å². The molecule has 0 aliphatic rings. The number of hydrogen-bond donors (Lipinski definition) is 1. The van der Waals surface area contributed by atoms with E-state index in [-0.39, 0.29) is 23.6 Å². The lowest BCUT2D eigenvalue weighted by Crippen LogP contribution is -2.26. The van der Waals surface area contributed by atoms with Crippen molar-refractivity contribution in [3.63, 3.8) is 0 Å². The van der Waals surface area contributed by atoms with Crippen LogP contribution in [0.2, 0.25) is 0 Å². The van der Waals surface area contributed by atoms with Gasteiger partial charge in [0.2, 0.25) is 0 Å². The van der Waals surface area contributed by atoms with E-state index in [0.717, 1.165) is 21.7 Å². The molecule has 0 saturated carbocycles. The zero-order valence-corrected chi connectivity index (χ0v) is 20.5. The summed E-state index contributed by atoms with van der Waals surface area (Å²) < 4.78 is 7.80. The Labute approximate surface area is 202 Å². The van der Waals surface area contributed by atoms with Gasteiger partial charge >= 0.3 is 0 Å². The molecule has 1 N–H and O–H groups in total. The molecule has 0 unspecified atom stereocenters. The topological polar surface area (TPSA) is 76.6 Å². The number of hydrogen-bond acceptors (Lipinski definition) is 4. The Morgan fingerprint density at radius 1 is 1.03 bits per heavy atom. The standard InChI is InChI=1S/C27H27N3O3S/c1-17-9-8-12-22(15-17)25(31)29-27-30(19(3)20(4)34-27)16-23-13-14-24(33-23)26(32)28-18(2)21-10-6-5-7-11-21/h5-15,18H,16H2,1-4H3,(H,28,32)/t18-/m0/s1. The summed E-state index contributed by atoms with van der Waals surface area (Å²) in [5.74, 6) is 0.304. The van der Waals surface area contributed by atoms with Crippen LogP contribution in [0.1, 0.15) is 61.3 Å². The summed E-state index contributed by atoms with van der Waals surface area (Å²) in [5, 5.41) is 2.96. The van der Waals surface area contributed by atoms with Crippen molar-refractivity contribution >= 4 is 23.2 Å². The summed E-state index contributed by atoms with van der Waals surface area (Å²) >= 11 is 1.46. The van der Waals surface area contributed by atoms with Crippen molar-refractivity contribution < 1.29 is 14.0 Å². The van der Waals surface area contributed by atoms with Gasteiger partial charge in [-0.3, -0.25) is 9.59 Å².